The standard InChI is InChI=1S/C20H23BrN2O4S/c1-26-14-9-11(13(21)10-15(14)27-2)7-8-17(24)23-20-18(19(22)25)12-5-3-4-6-16(12)28-20/h9-10H,3-8H2,1-2H3,(H2,22,25)(H,23,24). The molecule has 1 heterocycles. The average Bonchev–Trinajstić information content (AvgIpc) is 3.04. The van der Waals surface area contributed by atoms with E-state index in [1.54, 1.807) is 14.2 Å². The molecule has 1 aliphatic rings. The normalized spacial score (nSPS) is 13.0. The Morgan fingerprint density at radius 3 is 2.54 bits per heavy atom. The van der Waals surface area contributed by atoms with E-state index in [-0.39, 0.29) is 12.3 Å². The van der Waals surface area contributed by atoms with Gasteiger partial charge in [0.25, 0.3) is 5.91 Å². The number of halogens is 1. The van der Waals surface area contributed by atoms with E-state index in [1.807, 2.05) is 12.1 Å². The van der Waals surface area contributed by atoms with Crippen LogP contribution in [0.25, 0.3) is 0 Å². The van der Waals surface area contributed by atoms with Crippen LogP contribution in [0, 0.1) is 0 Å². The molecular weight excluding hydrogens is 444 g/mol. The number of nitrogens with two attached hydrogens (primary N) is 1. The van der Waals surface area contributed by atoms with Crippen molar-refractivity contribution in [3.8, 4) is 11.5 Å². The Kier molecular flexibility index (Phi) is 6.61. The Morgan fingerprint density at radius 2 is 1.86 bits per heavy atom. The summed E-state index contributed by atoms with van der Waals surface area (Å²) in [4.78, 5) is 25.6. The van der Waals surface area contributed by atoms with E-state index < -0.39 is 5.91 Å². The predicted octanol–water partition coefficient (Wildman–Crippen LogP) is 4.08. The van der Waals surface area contributed by atoms with Crippen LogP contribution in [0.5, 0.6) is 11.5 Å². The van der Waals surface area contributed by atoms with Crippen LogP contribution in [0.1, 0.15) is 45.6 Å². The zero-order valence-corrected chi connectivity index (χ0v) is 18.3. The number of carbonyl (C=O) groups is 2. The summed E-state index contributed by atoms with van der Waals surface area (Å²) >= 11 is 4.99. The summed E-state index contributed by atoms with van der Waals surface area (Å²) < 4.78 is 11.5. The number of carbonyl (C=O) groups excluding carboxylic acids is 2. The number of amides is 2. The van der Waals surface area contributed by atoms with Gasteiger partial charge >= 0.3 is 0 Å². The lowest BCUT2D eigenvalue weighted by Crippen LogP contribution is -2.18. The van der Waals surface area contributed by atoms with Gasteiger partial charge in [-0.05, 0) is 55.4 Å². The first kappa shape index (κ1) is 20.7. The summed E-state index contributed by atoms with van der Waals surface area (Å²) in [6, 6.07) is 3.68. The Hall–Kier alpha value is -2.06. The number of methoxy groups -OCH3 is 2. The van der Waals surface area contributed by atoms with Gasteiger partial charge in [-0.1, -0.05) is 15.9 Å². The fraction of sp³-hybridized carbons (Fsp3) is 0.400. The van der Waals surface area contributed by atoms with E-state index in [1.165, 1.54) is 11.3 Å². The number of rotatable bonds is 7. The van der Waals surface area contributed by atoms with Crippen molar-refractivity contribution in [1.29, 1.82) is 0 Å². The van der Waals surface area contributed by atoms with E-state index in [2.05, 4.69) is 21.2 Å². The molecule has 0 fully saturated rings. The Morgan fingerprint density at radius 1 is 1.18 bits per heavy atom. The number of primary amides is 1. The molecule has 0 saturated heterocycles. The van der Waals surface area contributed by atoms with Crippen LogP contribution in [-0.4, -0.2) is 26.0 Å². The van der Waals surface area contributed by atoms with Gasteiger partial charge in [-0.15, -0.1) is 11.3 Å². The van der Waals surface area contributed by atoms with Gasteiger partial charge in [0.15, 0.2) is 11.5 Å². The van der Waals surface area contributed by atoms with Gasteiger partial charge in [0.1, 0.15) is 5.00 Å². The second kappa shape index (κ2) is 8.96. The lowest BCUT2D eigenvalue weighted by Gasteiger charge is -2.12. The van der Waals surface area contributed by atoms with Crippen molar-refractivity contribution in [3.05, 3.63) is 38.2 Å². The third kappa shape index (κ3) is 4.33. The van der Waals surface area contributed by atoms with Crippen LogP contribution in [0.15, 0.2) is 16.6 Å². The molecule has 2 amide bonds. The number of anilines is 1. The van der Waals surface area contributed by atoms with Crippen molar-refractivity contribution >= 4 is 44.1 Å². The maximum atomic E-state index is 12.5. The summed E-state index contributed by atoms with van der Waals surface area (Å²) in [5.74, 6) is 0.612. The first-order valence-corrected chi connectivity index (χ1v) is 10.7. The third-order valence-corrected chi connectivity index (χ3v) is 6.79. The molecule has 1 aliphatic carbocycles. The highest BCUT2D eigenvalue weighted by Gasteiger charge is 2.25. The molecule has 0 spiro atoms. The van der Waals surface area contributed by atoms with Gasteiger partial charge in [0, 0.05) is 15.8 Å². The van der Waals surface area contributed by atoms with Crippen LogP contribution >= 0.6 is 27.3 Å². The highest BCUT2D eigenvalue weighted by Crippen LogP contribution is 2.38. The van der Waals surface area contributed by atoms with Gasteiger partial charge < -0.3 is 20.5 Å². The molecule has 28 heavy (non-hydrogen) atoms. The van der Waals surface area contributed by atoms with Crippen molar-refractivity contribution in [3.63, 3.8) is 0 Å². The molecule has 8 heteroatoms. The largest absolute Gasteiger partial charge is 0.493 e. The summed E-state index contributed by atoms with van der Waals surface area (Å²) in [5.41, 5.74) is 8.03. The van der Waals surface area contributed by atoms with E-state index >= 15 is 0 Å². The van der Waals surface area contributed by atoms with E-state index in [0.29, 0.717) is 28.5 Å². The van der Waals surface area contributed by atoms with E-state index in [0.717, 1.165) is 46.2 Å². The number of hydrogen-bond acceptors (Lipinski definition) is 5. The molecule has 6 nitrogen and oxygen atoms in total. The minimum Gasteiger partial charge on any atom is -0.493 e. The van der Waals surface area contributed by atoms with Crippen molar-refractivity contribution in [1.82, 2.24) is 0 Å². The second-order valence-corrected chi connectivity index (χ2v) is 8.59. The van der Waals surface area contributed by atoms with Gasteiger partial charge in [0.05, 0.1) is 19.8 Å². The predicted molar refractivity (Wildman–Crippen MR) is 114 cm³/mol. The smallest absolute Gasteiger partial charge is 0.251 e. The number of hydrogen-bond donors (Lipinski definition) is 2. The van der Waals surface area contributed by atoms with Crippen molar-refractivity contribution in [2.45, 2.75) is 38.5 Å². The first-order valence-electron chi connectivity index (χ1n) is 9.09. The molecule has 0 aliphatic heterocycles. The van der Waals surface area contributed by atoms with Crippen LogP contribution in [0.4, 0.5) is 5.00 Å². The van der Waals surface area contributed by atoms with Crippen molar-refractivity contribution < 1.29 is 19.1 Å². The number of benzene rings is 1. The molecule has 1 aromatic heterocycles. The third-order valence-electron chi connectivity index (χ3n) is 4.84. The minimum absolute atomic E-state index is 0.150. The number of nitrogens with one attached hydrogen (secondary N) is 1. The lowest BCUT2D eigenvalue weighted by molar-refractivity contribution is -0.116. The quantitative estimate of drug-likeness (QED) is 0.642. The molecule has 3 N–H and O–H groups in total. The fourth-order valence-electron chi connectivity index (χ4n) is 3.44. The van der Waals surface area contributed by atoms with Crippen LogP contribution < -0.4 is 20.5 Å². The number of fused-ring (bicyclic) bond motifs is 1. The molecule has 0 unspecified atom stereocenters. The zero-order valence-electron chi connectivity index (χ0n) is 15.9. The number of thiophene rings is 1. The molecule has 0 bridgehead atoms. The van der Waals surface area contributed by atoms with Gasteiger partial charge in [-0.3, -0.25) is 9.59 Å². The fourth-order valence-corrected chi connectivity index (χ4v) is 5.27. The SMILES string of the molecule is COc1cc(Br)c(CCC(=O)Nc2sc3c(c2C(N)=O)CCCC3)cc1OC. The molecule has 0 saturated carbocycles. The molecule has 0 radical (unpaired) electrons. The van der Waals surface area contributed by atoms with Gasteiger partial charge in [-0.2, -0.15) is 0 Å². The van der Waals surface area contributed by atoms with Crippen molar-refractivity contribution in [2.24, 2.45) is 5.73 Å². The Labute approximate surface area is 176 Å². The summed E-state index contributed by atoms with van der Waals surface area (Å²) in [6.45, 7) is 0. The van der Waals surface area contributed by atoms with Gasteiger partial charge in [0.2, 0.25) is 5.91 Å². The highest BCUT2D eigenvalue weighted by atomic mass is 79.9. The molecule has 150 valence electrons. The van der Waals surface area contributed by atoms with E-state index in [4.69, 9.17) is 15.2 Å². The van der Waals surface area contributed by atoms with E-state index in [9.17, 15) is 9.59 Å². The van der Waals surface area contributed by atoms with Crippen LogP contribution in [0.2, 0.25) is 0 Å². The Balaban J connectivity index is 1.72. The lowest BCUT2D eigenvalue weighted by atomic mass is 9.95. The Bertz CT molecular complexity index is 910. The minimum atomic E-state index is -0.475. The molecule has 0 atom stereocenters. The summed E-state index contributed by atoms with van der Waals surface area (Å²) in [5, 5.41) is 3.48. The molecule has 3 rings (SSSR count). The number of aryl methyl sites for hydroxylation is 2. The van der Waals surface area contributed by atoms with Gasteiger partial charge in [-0.25, -0.2) is 0 Å². The molecule has 1 aromatic carbocycles. The monoisotopic (exact) mass is 466 g/mol. The maximum absolute atomic E-state index is 12.5. The molecule has 2 aromatic rings. The maximum Gasteiger partial charge on any atom is 0.251 e. The van der Waals surface area contributed by atoms with Crippen LogP contribution in [0.3, 0.4) is 0 Å². The summed E-state index contributed by atoms with van der Waals surface area (Å²) in [7, 11) is 3.15. The number of ether oxygens (including phenoxy) is 2. The average molecular weight is 467 g/mol. The second-order valence-electron chi connectivity index (χ2n) is 6.63. The topological polar surface area (TPSA) is 90.6 Å². The highest BCUT2D eigenvalue weighted by molar-refractivity contribution is 9.10. The van der Waals surface area contributed by atoms with Crippen LogP contribution in [-0.2, 0) is 24.1 Å². The first-order chi connectivity index (χ1) is 13.4. The molecular formula is C20H23BrN2O4S. The van der Waals surface area contributed by atoms with Crippen molar-refractivity contribution in [2.75, 3.05) is 19.5 Å². The summed E-state index contributed by atoms with van der Waals surface area (Å²) in [6.07, 6.45) is 4.73. The zero-order chi connectivity index (χ0) is 20.3.